The van der Waals surface area contributed by atoms with Gasteiger partial charge in [0.1, 0.15) is 0 Å². The number of hydrogen-bond donors (Lipinski definition) is 0. The van der Waals surface area contributed by atoms with Crippen molar-refractivity contribution in [3.05, 3.63) is 11.3 Å². The third-order valence-corrected chi connectivity index (χ3v) is 4.63. The molecule has 0 aromatic rings. The molecule has 0 aliphatic carbocycles. The number of hydrogen-bond acceptors (Lipinski definition) is 6. The Balaban J connectivity index is 5.49. The summed E-state index contributed by atoms with van der Waals surface area (Å²) in [6.07, 6.45) is 0. The second-order valence-electron chi connectivity index (χ2n) is 3.08. The Kier molecular flexibility index (Phi) is 8.81. The summed E-state index contributed by atoms with van der Waals surface area (Å²) < 4.78 is 32.6. The lowest BCUT2D eigenvalue weighted by Gasteiger charge is -2.27. The molecule has 0 heterocycles. The summed E-state index contributed by atoms with van der Waals surface area (Å²) in [5.41, 5.74) is 0. The Labute approximate surface area is 110 Å². The van der Waals surface area contributed by atoms with Gasteiger partial charge in [-0.25, -0.2) is 0 Å². The van der Waals surface area contributed by atoms with Gasteiger partial charge in [-0.1, -0.05) is 0 Å². The van der Waals surface area contributed by atoms with Crippen molar-refractivity contribution in [2.24, 2.45) is 0 Å². The van der Waals surface area contributed by atoms with Gasteiger partial charge >= 0.3 is 14.7 Å². The maximum Gasteiger partial charge on any atom is 0.580 e. The van der Waals surface area contributed by atoms with Crippen molar-refractivity contribution in [1.82, 2.24) is 0 Å². The standard InChI is InChI=1S/C11H24O6Si/c1-7-15-10(16-8-2)11(17-9-3)18(12-4,13-5)14-6/h7-9H2,1-6H3. The van der Waals surface area contributed by atoms with E-state index < -0.39 is 8.80 Å². The number of ether oxygens (including phenoxy) is 3. The second-order valence-corrected chi connectivity index (χ2v) is 5.88. The molecule has 6 nitrogen and oxygen atoms in total. The molecule has 0 radical (unpaired) electrons. The van der Waals surface area contributed by atoms with Crippen LogP contribution >= 0.6 is 0 Å². The van der Waals surface area contributed by atoms with E-state index in [0.29, 0.717) is 25.2 Å². The highest BCUT2D eigenvalue weighted by Gasteiger charge is 2.49. The van der Waals surface area contributed by atoms with E-state index in [1.54, 1.807) is 0 Å². The molecule has 0 aliphatic rings. The Morgan fingerprint density at radius 3 is 1.39 bits per heavy atom. The van der Waals surface area contributed by atoms with Crippen molar-refractivity contribution >= 4 is 8.80 Å². The van der Waals surface area contributed by atoms with E-state index in [2.05, 4.69) is 0 Å². The zero-order valence-electron chi connectivity index (χ0n) is 12.1. The van der Waals surface area contributed by atoms with Crippen molar-refractivity contribution in [2.75, 3.05) is 41.2 Å². The SMILES string of the molecule is CCOC(OCC)=C(OCC)[Si](OC)(OC)OC. The Morgan fingerprint density at radius 1 is 0.722 bits per heavy atom. The molecular formula is C11H24O6Si. The quantitative estimate of drug-likeness (QED) is 0.448. The molecule has 7 heteroatoms. The summed E-state index contributed by atoms with van der Waals surface area (Å²) in [4.78, 5) is 0. The van der Waals surface area contributed by atoms with Gasteiger partial charge in [0.25, 0.3) is 0 Å². The number of rotatable bonds is 10. The molecule has 0 unspecified atom stereocenters. The van der Waals surface area contributed by atoms with E-state index in [1.807, 2.05) is 20.8 Å². The van der Waals surface area contributed by atoms with E-state index >= 15 is 0 Å². The summed E-state index contributed by atoms with van der Waals surface area (Å²) in [7, 11) is 1.43. The van der Waals surface area contributed by atoms with E-state index in [0.717, 1.165) is 0 Å². The van der Waals surface area contributed by atoms with Crippen molar-refractivity contribution < 1.29 is 27.5 Å². The highest BCUT2D eigenvalue weighted by atomic mass is 28.4. The molecule has 0 N–H and O–H groups in total. The van der Waals surface area contributed by atoms with Gasteiger partial charge in [-0.3, -0.25) is 0 Å². The van der Waals surface area contributed by atoms with Gasteiger partial charge in [-0.2, -0.15) is 0 Å². The molecule has 0 saturated carbocycles. The van der Waals surface area contributed by atoms with Gasteiger partial charge in [-0.15, -0.1) is 0 Å². The highest BCUT2D eigenvalue weighted by Crippen LogP contribution is 2.24. The molecule has 0 atom stereocenters. The molecule has 18 heavy (non-hydrogen) atoms. The molecule has 0 rings (SSSR count). The van der Waals surface area contributed by atoms with Gasteiger partial charge in [0, 0.05) is 21.3 Å². The normalized spacial score (nSPS) is 11.0. The average Bonchev–Trinajstić information content (AvgIpc) is 2.40. The smallest absolute Gasteiger partial charge is 0.489 e. The van der Waals surface area contributed by atoms with Crippen molar-refractivity contribution in [2.45, 2.75) is 20.8 Å². The summed E-state index contributed by atoms with van der Waals surface area (Å²) >= 11 is 0. The fraction of sp³-hybridized carbons (Fsp3) is 0.818. The van der Waals surface area contributed by atoms with Gasteiger partial charge < -0.3 is 27.5 Å². The molecule has 0 aliphatic heterocycles. The lowest BCUT2D eigenvalue weighted by Crippen LogP contribution is -2.47. The molecule has 0 spiro atoms. The maximum atomic E-state index is 5.56. The van der Waals surface area contributed by atoms with Crippen LogP contribution in [0.5, 0.6) is 0 Å². The summed E-state index contributed by atoms with van der Waals surface area (Å²) in [6.45, 7) is 6.91. The van der Waals surface area contributed by atoms with Crippen LogP contribution in [0, 0.1) is 0 Å². The van der Waals surface area contributed by atoms with Crippen LogP contribution in [0.3, 0.4) is 0 Å². The van der Waals surface area contributed by atoms with Crippen molar-refractivity contribution in [1.29, 1.82) is 0 Å². The van der Waals surface area contributed by atoms with Crippen LogP contribution in [-0.2, 0) is 27.5 Å². The van der Waals surface area contributed by atoms with Crippen LogP contribution in [-0.4, -0.2) is 50.0 Å². The van der Waals surface area contributed by atoms with Crippen LogP contribution in [0.4, 0.5) is 0 Å². The third kappa shape index (κ3) is 4.16. The highest BCUT2D eigenvalue weighted by molar-refractivity contribution is 6.68. The average molecular weight is 280 g/mol. The molecule has 108 valence electrons. The first-order chi connectivity index (χ1) is 8.65. The lowest BCUT2D eigenvalue weighted by atomic mass is 10.8. The molecule has 0 bridgehead atoms. The predicted molar refractivity (Wildman–Crippen MR) is 68.7 cm³/mol. The molecule has 0 fully saturated rings. The lowest BCUT2D eigenvalue weighted by molar-refractivity contribution is 0.0148. The molecule has 0 aromatic heterocycles. The second kappa shape index (κ2) is 9.20. The first-order valence-electron chi connectivity index (χ1n) is 5.94. The van der Waals surface area contributed by atoms with E-state index in [1.165, 1.54) is 21.3 Å². The summed E-state index contributed by atoms with van der Waals surface area (Å²) in [5.74, 6) is 0.263. The van der Waals surface area contributed by atoms with Gasteiger partial charge in [0.05, 0.1) is 19.8 Å². The first kappa shape index (κ1) is 17.2. The molecular weight excluding hydrogens is 256 g/mol. The molecule has 0 saturated heterocycles. The Bertz CT molecular complexity index is 236. The van der Waals surface area contributed by atoms with E-state index in [9.17, 15) is 0 Å². The minimum atomic E-state index is -3.10. The third-order valence-electron chi connectivity index (χ3n) is 2.11. The first-order valence-corrected chi connectivity index (χ1v) is 7.66. The molecule has 0 amide bonds. The van der Waals surface area contributed by atoms with E-state index in [4.69, 9.17) is 27.5 Å². The fourth-order valence-corrected chi connectivity index (χ4v) is 3.15. The van der Waals surface area contributed by atoms with Gasteiger partial charge in [0.15, 0.2) is 0 Å². The Hall–Kier alpha value is -0.763. The van der Waals surface area contributed by atoms with Crippen LogP contribution in [0.15, 0.2) is 11.3 Å². The zero-order chi connectivity index (χ0) is 14.0. The van der Waals surface area contributed by atoms with Crippen LogP contribution in [0.2, 0.25) is 0 Å². The van der Waals surface area contributed by atoms with Crippen molar-refractivity contribution in [3.8, 4) is 0 Å². The van der Waals surface area contributed by atoms with Gasteiger partial charge in [0.2, 0.25) is 5.38 Å². The fourth-order valence-electron chi connectivity index (χ4n) is 1.38. The monoisotopic (exact) mass is 280 g/mol. The minimum absolute atomic E-state index is 0.263. The van der Waals surface area contributed by atoms with Crippen LogP contribution in [0.25, 0.3) is 0 Å². The minimum Gasteiger partial charge on any atom is -0.489 e. The van der Waals surface area contributed by atoms with Gasteiger partial charge in [-0.05, 0) is 20.8 Å². The topological polar surface area (TPSA) is 55.4 Å². The van der Waals surface area contributed by atoms with Crippen molar-refractivity contribution in [3.63, 3.8) is 0 Å². The van der Waals surface area contributed by atoms with Crippen LogP contribution in [0.1, 0.15) is 20.8 Å². The summed E-state index contributed by atoms with van der Waals surface area (Å²) in [5, 5.41) is 0.362. The van der Waals surface area contributed by atoms with E-state index in [-0.39, 0.29) is 5.95 Å². The summed E-state index contributed by atoms with van der Waals surface area (Å²) in [6, 6.07) is 0. The largest absolute Gasteiger partial charge is 0.580 e. The molecule has 0 aromatic carbocycles. The predicted octanol–water partition coefficient (Wildman–Crippen LogP) is 1.68. The Morgan fingerprint density at radius 2 is 1.11 bits per heavy atom. The zero-order valence-corrected chi connectivity index (χ0v) is 13.1. The maximum absolute atomic E-state index is 5.56. The van der Waals surface area contributed by atoms with Crippen LogP contribution < -0.4 is 0 Å².